The lowest BCUT2D eigenvalue weighted by molar-refractivity contribution is 0.0274. The summed E-state index contributed by atoms with van der Waals surface area (Å²) < 4.78 is 11.2. The van der Waals surface area contributed by atoms with Crippen LogP contribution in [0, 0.1) is 5.41 Å². The van der Waals surface area contributed by atoms with Gasteiger partial charge in [-0.3, -0.25) is 0 Å². The van der Waals surface area contributed by atoms with Crippen LogP contribution in [0.25, 0.3) is 0 Å². The fourth-order valence-electron chi connectivity index (χ4n) is 1.35. The molecule has 0 atom stereocenters. The Morgan fingerprint density at radius 1 is 1.18 bits per heavy atom. The van der Waals surface area contributed by atoms with Gasteiger partial charge in [-0.05, 0) is 5.82 Å². The van der Waals surface area contributed by atoms with Gasteiger partial charge in [-0.15, -0.1) is 0 Å². The van der Waals surface area contributed by atoms with Gasteiger partial charge in [0.1, 0.15) is 0 Å². The molecule has 0 unspecified atom stereocenters. The van der Waals surface area contributed by atoms with E-state index < -0.39 is 0 Å². The molecule has 1 saturated carbocycles. The molecule has 1 aliphatic carbocycles. The highest BCUT2D eigenvalue weighted by Crippen LogP contribution is 2.42. The number of hydrogen-bond donors (Lipinski definition) is 0. The average molecular weight is 154 g/mol. The van der Waals surface area contributed by atoms with E-state index in [1.807, 2.05) is 0 Å². The van der Waals surface area contributed by atoms with Crippen molar-refractivity contribution in [1.82, 2.24) is 0 Å². The quantitative estimate of drug-likeness (QED) is 0.535. The fraction of sp³-hybridized carbons (Fsp3) is 1.00. The zero-order chi connectivity index (χ0) is 7.90. The minimum absolute atomic E-state index is 0.128. The summed E-state index contributed by atoms with van der Waals surface area (Å²) in [5, 5.41) is 0. The molecule has 0 spiro atoms. The minimum atomic E-state index is 0.128. The SMILES string of the molecule is CC1(C)COB(C2CC2)OC1. The maximum Gasteiger partial charge on any atom is 0.460 e. The van der Waals surface area contributed by atoms with Crippen LogP contribution in [0.4, 0.5) is 0 Å². The highest BCUT2D eigenvalue weighted by atomic mass is 16.6. The lowest BCUT2D eigenvalue weighted by atomic mass is 9.78. The van der Waals surface area contributed by atoms with E-state index >= 15 is 0 Å². The summed E-state index contributed by atoms with van der Waals surface area (Å²) in [6.45, 7) is 6.06. The van der Waals surface area contributed by atoms with Crippen LogP contribution >= 0.6 is 0 Å². The third-order valence-corrected chi connectivity index (χ3v) is 2.28. The van der Waals surface area contributed by atoms with Crippen LogP contribution in [0.1, 0.15) is 26.7 Å². The van der Waals surface area contributed by atoms with Crippen LogP contribution in [-0.2, 0) is 9.31 Å². The minimum Gasteiger partial charge on any atom is -0.410 e. The van der Waals surface area contributed by atoms with Gasteiger partial charge in [0, 0.05) is 18.6 Å². The zero-order valence-electron chi connectivity index (χ0n) is 7.30. The Balaban J connectivity index is 1.84. The molecular formula is C8H15BO2. The van der Waals surface area contributed by atoms with Crippen LogP contribution in [0.3, 0.4) is 0 Å². The monoisotopic (exact) mass is 154 g/mol. The normalized spacial score (nSPS) is 30.5. The van der Waals surface area contributed by atoms with Gasteiger partial charge in [-0.2, -0.15) is 0 Å². The van der Waals surface area contributed by atoms with Crippen LogP contribution in [-0.4, -0.2) is 20.3 Å². The van der Waals surface area contributed by atoms with E-state index in [0.717, 1.165) is 13.2 Å². The van der Waals surface area contributed by atoms with Gasteiger partial charge in [0.25, 0.3) is 0 Å². The molecule has 11 heavy (non-hydrogen) atoms. The zero-order valence-corrected chi connectivity index (χ0v) is 7.30. The molecule has 3 heteroatoms. The van der Waals surface area contributed by atoms with Crippen molar-refractivity contribution in [3.63, 3.8) is 0 Å². The maximum absolute atomic E-state index is 5.59. The molecule has 2 nitrogen and oxygen atoms in total. The van der Waals surface area contributed by atoms with Crippen molar-refractivity contribution >= 4 is 7.12 Å². The maximum atomic E-state index is 5.59. The summed E-state index contributed by atoms with van der Waals surface area (Å²) in [4.78, 5) is 0. The van der Waals surface area contributed by atoms with E-state index in [1.165, 1.54) is 12.8 Å². The van der Waals surface area contributed by atoms with Crippen molar-refractivity contribution in [2.24, 2.45) is 5.41 Å². The first-order valence-corrected chi connectivity index (χ1v) is 4.41. The summed E-state index contributed by atoms with van der Waals surface area (Å²) in [5.74, 6) is 0.714. The van der Waals surface area contributed by atoms with Crippen molar-refractivity contribution in [2.75, 3.05) is 13.2 Å². The van der Waals surface area contributed by atoms with Gasteiger partial charge < -0.3 is 9.31 Å². The Hall–Kier alpha value is -0.0151. The predicted octanol–water partition coefficient (Wildman–Crippen LogP) is 1.71. The largest absolute Gasteiger partial charge is 0.460 e. The second kappa shape index (κ2) is 2.49. The van der Waals surface area contributed by atoms with Gasteiger partial charge >= 0.3 is 7.12 Å². The predicted molar refractivity (Wildman–Crippen MR) is 44.4 cm³/mol. The second-order valence-electron chi connectivity index (χ2n) is 4.49. The van der Waals surface area contributed by atoms with Gasteiger partial charge in [-0.1, -0.05) is 26.7 Å². The molecule has 0 bridgehead atoms. The topological polar surface area (TPSA) is 18.5 Å². The first-order valence-electron chi connectivity index (χ1n) is 4.41. The Morgan fingerprint density at radius 2 is 1.73 bits per heavy atom. The Labute approximate surface area is 68.4 Å². The summed E-state index contributed by atoms with van der Waals surface area (Å²) in [6, 6.07) is 0. The van der Waals surface area contributed by atoms with Gasteiger partial charge in [0.15, 0.2) is 0 Å². The summed E-state index contributed by atoms with van der Waals surface area (Å²) in [6.07, 6.45) is 2.59. The van der Waals surface area contributed by atoms with Crippen LogP contribution < -0.4 is 0 Å². The summed E-state index contributed by atoms with van der Waals surface area (Å²) in [7, 11) is 0.128. The van der Waals surface area contributed by atoms with Crippen LogP contribution in [0.5, 0.6) is 0 Å². The molecule has 1 aliphatic heterocycles. The van der Waals surface area contributed by atoms with E-state index in [9.17, 15) is 0 Å². The van der Waals surface area contributed by atoms with Gasteiger partial charge in [0.05, 0.1) is 0 Å². The molecule has 1 saturated heterocycles. The van der Waals surface area contributed by atoms with Crippen molar-refractivity contribution in [3.05, 3.63) is 0 Å². The van der Waals surface area contributed by atoms with Gasteiger partial charge in [0.2, 0.25) is 0 Å². The third kappa shape index (κ3) is 1.77. The Bertz CT molecular complexity index is 144. The first kappa shape index (κ1) is 7.62. The van der Waals surface area contributed by atoms with Gasteiger partial charge in [-0.25, -0.2) is 0 Å². The molecule has 0 aromatic rings. The molecule has 0 N–H and O–H groups in total. The lowest BCUT2D eigenvalue weighted by Gasteiger charge is -2.33. The fourth-order valence-corrected chi connectivity index (χ4v) is 1.35. The van der Waals surface area contributed by atoms with E-state index in [2.05, 4.69) is 13.8 Å². The summed E-state index contributed by atoms with van der Waals surface area (Å²) >= 11 is 0. The van der Waals surface area contributed by atoms with Crippen molar-refractivity contribution in [3.8, 4) is 0 Å². The molecule has 0 aromatic carbocycles. The molecule has 2 rings (SSSR count). The molecule has 1 heterocycles. The highest BCUT2D eigenvalue weighted by molar-refractivity contribution is 6.47. The smallest absolute Gasteiger partial charge is 0.410 e. The van der Waals surface area contributed by atoms with E-state index in [-0.39, 0.29) is 12.5 Å². The van der Waals surface area contributed by atoms with Crippen molar-refractivity contribution < 1.29 is 9.31 Å². The van der Waals surface area contributed by atoms with Crippen LogP contribution in [0.2, 0.25) is 5.82 Å². The van der Waals surface area contributed by atoms with E-state index in [0.29, 0.717) is 5.82 Å². The Kier molecular flexibility index (Phi) is 1.73. The molecule has 2 fully saturated rings. The van der Waals surface area contributed by atoms with Crippen molar-refractivity contribution in [1.29, 1.82) is 0 Å². The highest BCUT2D eigenvalue weighted by Gasteiger charge is 2.43. The standard InChI is InChI=1S/C8H15BO2/c1-8(2)5-10-9(11-6-8)7-3-4-7/h7H,3-6H2,1-2H3. The van der Waals surface area contributed by atoms with E-state index in [1.54, 1.807) is 0 Å². The number of hydrogen-bond acceptors (Lipinski definition) is 2. The summed E-state index contributed by atoms with van der Waals surface area (Å²) in [5.41, 5.74) is 0.228. The third-order valence-electron chi connectivity index (χ3n) is 2.28. The molecule has 62 valence electrons. The first-order chi connectivity index (χ1) is 5.17. The Morgan fingerprint density at radius 3 is 2.18 bits per heavy atom. The van der Waals surface area contributed by atoms with E-state index in [4.69, 9.17) is 9.31 Å². The molecule has 0 aromatic heterocycles. The number of rotatable bonds is 1. The molecule has 2 aliphatic rings. The molecular weight excluding hydrogens is 139 g/mol. The molecule has 0 radical (unpaired) electrons. The average Bonchev–Trinajstić information content (AvgIpc) is 2.70. The molecule has 0 amide bonds. The van der Waals surface area contributed by atoms with Crippen LogP contribution in [0.15, 0.2) is 0 Å². The van der Waals surface area contributed by atoms with Crippen molar-refractivity contribution in [2.45, 2.75) is 32.5 Å². The second-order valence-corrected chi connectivity index (χ2v) is 4.49. The lowest BCUT2D eigenvalue weighted by Crippen LogP contribution is -2.40.